The van der Waals surface area contributed by atoms with E-state index in [4.69, 9.17) is 11.6 Å². The van der Waals surface area contributed by atoms with Crippen LogP contribution in [0.2, 0.25) is 5.02 Å². The molecule has 0 spiro atoms. The number of hydrogen-bond acceptors (Lipinski definition) is 3. The van der Waals surface area contributed by atoms with Crippen LogP contribution in [0.25, 0.3) is 0 Å². The van der Waals surface area contributed by atoms with Crippen LogP contribution in [0.1, 0.15) is 32.1 Å². The number of aliphatic hydroxyl groups excluding tert-OH is 1. The predicted molar refractivity (Wildman–Crippen MR) is 65.7 cm³/mol. The van der Waals surface area contributed by atoms with E-state index < -0.39 is 0 Å². The van der Waals surface area contributed by atoms with Gasteiger partial charge in [-0.3, -0.25) is 4.98 Å². The number of aliphatic hydroxyl groups is 1. The summed E-state index contributed by atoms with van der Waals surface area (Å²) in [5, 5.41) is 13.9. The molecule has 1 heterocycles. The topological polar surface area (TPSA) is 45.1 Å². The maximum atomic E-state index is 9.98. The third-order valence-electron chi connectivity index (χ3n) is 3.09. The first-order chi connectivity index (χ1) is 7.77. The van der Waals surface area contributed by atoms with Crippen molar-refractivity contribution < 1.29 is 5.11 Å². The van der Waals surface area contributed by atoms with Crippen LogP contribution < -0.4 is 5.32 Å². The molecule has 1 aromatic heterocycles. The lowest BCUT2D eigenvalue weighted by atomic mass is 10.1. The van der Waals surface area contributed by atoms with Crippen molar-refractivity contribution in [3.63, 3.8) is 0 Å². The summed E-state index contributed by atoms with van der Waals surface area (Å²) in [6, 6.07) is 1.96. The smallest absolute Gasteiger partial charge is 0.0820 e. The average Bonchev–Trinajstić information content (AvgIpc) is 2.48. The molecule has 1 aromatic rings. The number of rotatable bonds is 2. The van der Waals surface area contributed by atoms with Gasteiger partial charge in [0.15, 0.2) is 0 Å². The van der Waals surface area contributed by atoms with Gasteiger partial charge in [-0.2, -0.15) is 0 Å². The van der Waals surface area contributed by atoms with Crippen molar-refractivity contribution >= 4 is 17.3 Å². The monoisotopic (exact) mass is 240 g/mol. The molecular weight excluding hydrogens is 224 g/mol. The predicted octanol–water partition coefficient (Wildman–Crippen LogP) is 2.84. The fourth-order valence-corrected chi connectivity index (χ4v) is 2.32. The Morgan fingerprint density at radius 3 is 2.94 bits per heavy atom. The maximum Gasteiger partial charge on any atom is 0.0820 e. The Balaban J connectivity index is 2.05. The zero-order valence-electron chi connectivity index (χ0n) is 9.19. The van der Waals surface area contributed by atoms with Crippen molar-refractivity contribution in [3.8, 4) is 0 Å². The number of pyridine rings is 1. The highest BCUT2D eigenvalue weighted by Crippen LogP contribution is 2.25. The largest absolute Gasteiger partial charge is 0.391 e. The molecule has 2 rings (SSSR count). The minimum atomic E-state index is -0.272. The summed E-state index contributed by atoms with van der Waals surface area (Å²) < 4.78 is 0. The molecule has 0 aliphatic heterocycles. The molecule has 1 saturated carbocycles. The van der Waals surface area contributed by atoms with E-state index in [0.717, 1.165) is 31.4 Å². The summed E-state index contributed by atoms with van der Waals surface area (Å²) in [5.41, 5.74) is 0.864. The molecule has 0 radical (unpaired) electrons. The van der Waals surface area contributed by atoms with Gasteiger partial charge in [0, 0.05) is 12.4 Å². The molecule has 0 amide bonds. The van der Waals surface area contributed by atoms with E-state index in [1.54, 1.807) is 12.4 Å². The maximum absolute atomic E-state index is 9.98. The number of aromatic nitrogens is 1. The van der Waals surface area contributed by atoms with Crippen LogP contribution in [0.5, 0.6) is 0 Å². The van der Waals surface area contributed by atoms with Crippen LogP contribution in [-0.4, -0.2) is 22.2 Å². The van der Waals surface area contributed by atoms with Crippen LogP contribution in [0.3, 0.4) is 0 Å². The molecule has 16 heavy (non-hydrogen) atoms. The lowest BCUT2D eigenvalue weighted by Gasteiger charge is -2.23. The second-order valence-corrected chi connectivity index (χ2v) is 4.72. The van der Waals surface area contributed by atoms with Gasteiger partial charge in [0.2, 0.25) is 0 Å². The molecule has 2 N–H and O–H groups in total. The molecule has 1 fully saturated rings. The first-order valence-electron chi connectivity index (χ1n) is 5.81. The zero-order chi connectivity index (χ0) is 11.4. The van der Waals surface area contributed by atoms with Crippen molar-refractivity contribution in [1.29, 1.82) is 0 Å². The molecular formula is C12H17ClN2O. The van der Waals surface area contributed by atoms with Crippen molar-refractivity contribution in [2.24, 2.45) is 0 Å². The van der Waals surface area contributed by atoms with Crippen LogP contribution in [0.4, 0.5) is 5.69 Å². The normalized spacial score (nSPS) is 26.1. The Bertz CT molecular complexity index is 346. The van der Waals surface area contributed by atoms with Crippen LogP contribution in [0, 0.1) is 0 Å². The van der Waals surface area contributed by atoms with E-state index in [0.29, 0.717) is 5.02 Å². The minimum Gasteiger partial charge on any atom is -0.391 e. The van der Waals surface area contributed by atoms with Gasteiger partial charge < -0.3 is 10.4 Å². The number of anilines is 1. The molecule has 2 atom stereocenters. The van der Waals surface area contributed by atoms with Gasteiger partial charge in [0.05, 0.1) is 22.9 Å². The number of halogens is 1. The summed E-state index contributed by atoms with van der Waals surface area (Å²) >= 11 is 6.03. The third kappa shape index (κ3) is 2.86. The van der Waals surface area contributed by atoms with Gasteiger partial charge in [0.25, 0.3) is 0 Å². The molecule has 3 nitrogen and oxygen atoms in total. The number of nitrogens with zero attached hydrogens (tertiary/aromatic N) is 1. The standard InChI is InChI=1S/C12H17ClN2O/c13-9-8-14-7-6-10(9)15-11-4-2-1-3-5-12(11)16/h6-8,11-12,16H,1-5H2,(H,14,15). The Hall–Kier alpha value is -0.800. The van der Waals surface area contributed by atoms with Crippen molar-refractivity contribution in [1.82, 2.24) is 4.98 Å². The summed E-state index contributed by atoms with van der Waals surface area (Å²) in [6.07, 6.45) is 8.41. The van der Waals surface area contributed by atoms with Gasteiger partial charge >= 0.3 is 0 Å². The second-order valence-electron chi connectivity index (χ2n) is 4.31. The SMILES string of the molecule is OC1CCCCCC1Nc1ccncc1Cl. The fourth-order valence-electron chi connectivity index (χ4n) is 2.15. The Morgan fingerprint density at radius 2 is 2.12 bits per heavy atom. The first-order valence-corrected chi connectivity index (χ1v) is 6.19. The van der Waals surface area contributed by atoms with Gasteiger partial charge in [-0.1, -0.05) is 30.9 Å². The van der Waals surface area contributed by atoms with E-state index in [9.17, 15) is 5.11 Å². The Labute approximate surface area is 101 Å². The average molecular weight is 241 g/mol. The van der Waals surface area contributed by atoms with E-state index in [1.807, 2.05) is 6.07 Å². The van der Waals surface area contributed by atoms with E-state index in [-0.39, 0.29) is 12.1 Å². The molecule has 0 bridgehead atoms. The lowest BCUT2D eigenvalue weighted by Crippen LogP contribution is -2.32. The zero-order valence-corrected chi connectivity index (χ0v) is 9.95. The Morgan fingerprint density at radius 1 is 1.31 bits per heavy atom. The van der Waals surface area contributed by atoms with Gasteiger partial charge in [-0.05, 0) is 18.9 Å². The van der Waals surface area contributed by atoms with Crippen LogP contribution >= 0.6 is 11.6 Å². The highest BCUT2D eigenvalue weighted by molar-refractivity contribution is 6.33. The van der Waals surface area contributed by atoms with Gasteiger partial charge in [-0.15, -0.1) is 0 Å². The lowest BCUT2D eigenvalue weighted by molar-refractivity contribution is 0.144. The fraction of sp³-hybridized carbons (Fsp3) is 0.583. The van der Waals surface area contributed by atoms with E-state index in [2.05, 4.69) is 10.3 Å². The van der Waals surface area contributed by atoms with Crippen molar-refractivity contribution in [3.05, 3.63) is 23.5 Å². The summed E-state index contributed by atoms with van der Waals surface area (Å²) in [6.45, 7) is 0. The summed E-state index contributed by atoms with van der Waals surface area (Å²) in [7, 11) is 0. The molecule has 1 aliphatic rings. The van der Waals surface area contributed by atoms with Gasteiger partial charge in [0.1, 0.15) is 0 Å². The molecule has 1 aliphatic carbocycles. The minimum absolute atomic E-state index is 0.113. The quantitative estimate of drug-likeness (QED) is 0.782. The molecule has 0 saturated heterocycles. The molecule has 88 valence electrons. The van der Waals surface area contributed by atoms with E-state index >= 15 is 0 Å². The number of hydrogen-bond donors (Lipinski definition) is 2. The second kappa shape index (κ2) is 5.51. The van der Waals surface area contributed by atoms with E-state index in [1.165, 1.54) is 6.42 Å². The van der Waals surface area contributed by atoms with Crippen LogP contribution in [-0.2, 0) is 0 Å². The number of nitrogens with one attached hydrogen (secondary N) is 1. The summed E-state index contributed by atoms with van der Waals surface area (Å²) in [5.74, 6) is 0. The highest BCUT2D eigenvalue weighted by atomic mass is 35.5. The molecule has 2 unspecified atom stereocenters. The third-order valence-corrected chi connectivity index (χ3v) is 3.39. The summed E-state index contributed by atoms with van der Waals surface area (Å²) in [4.78, 5) is 3.94. The Kier molecular flexibility index (Phi) is 4.02. The van der Waals surface area contributed by atoms with Crippen molar-refractivity contribution in [2.45, 2.75) is 44.2 Å². The van der Waals surface area contributed by atoms with Crippen LogP contribution in [0.15, 0.2) is 18.5 Å². The van der Waals surface area contributed by atoms with Gasteiger partial charge in [-0.25, -0.2) is 0 Å². The molecule has 4 heteroatoms. The highest BCUT2D eigenvalue weighted by Gasteiger charge is 2.21. The first kappa shape index (κ1) is 11.7. The molecule has 0 aromatic carbocycles. The van der Waals surface area contributed by atoms with Crippen molar-refractivity contribution in [2.75, 3.05) is 5.32 Å².